The van der Waals surface area contributed by atoms with E-state index in [-0.39, 0.29) is 48.2 Å². The quantitative estimate of drug-likeness (QED) is 0.353. The van der Waals surface area contributed by atoms with E-state index in [0.717, 1.165) is 0 Å². The van der Waals surface area contributed by atoms with E-state index in [1.165, 1.54) is 30.3 Å². The van der Waals surface area contributed by atoms with Crippen LogP contribution in [-0.4, -0.2) is 23.2 Å². The van der Waals surface area contributed by atoms with Crippen molar-refractivity contribution >= 4 is 21.2 Å². The van der Waals surface area contributed by atoms with Crippen LogP contribution in [0.15, 0.2) is 30.3 Å². The van der Waals surface area contributed by atoms with E-state index in [4.69, 9.17) is 4.55 Å². The van der Waals surface area contributed by atoms with Crippen molar-refractivity contribution < 1.29 is 58.4 Å². The minimum Gasteiger partial charge on any atom is -1.00 e. The van der Waals surface area contributed by atoms with Crippen LogP contribution in [0.3, 0.4) is 0 Å². The maximum absolute atomic E-state index is 10.5. The van der Waals surface area contributed by atoms with E-state index < -0.39 is 10.4 Å². The fourth-order valence-corrected chi connectivity index (χ4v) is 1.77. The number of phenols is 2. The molecule has 0 aromatic heterocycles. The molecule has 18 heavy (non-hydrogen) atoms. The minimum atomic E-state index is -4.58. The summed E-state index contributed by atoms with van der Waals surface area (Å²) < 4.78 is 33.8. The van der Waals surface area contributed by atoms with Crippen molar-refractivity contribution in [3.05, 3.63) is 30.3 Å². The second kappa shape index (κ2) is 5.33. The summed E-state index contributed by atoms with van der Waals surface area (Å²) in [5.41, 5.74) is 0. The molecular weight excluding hydrogens is 271 g/mol. The first-order valence-corrected chi connectivity index (χ1v) is 5.84. The van der Waals surface area contributed by atoms with Crippen molar-refractivity contribution in [2.75, 3.05) is 0 Å². The van der Waals surface area contributed by atoms with Gasteiger partial charge in [0.2, 0.25) is 0 Å². The van der Waals surface area contributed by atoms with Gasteiger partial charge in [-0.1, -0.05) is 6.07 Å². The largest absolute Gasteiger partial charge is 1.00 e. The van der Waals surface area contributed by atoms with Crippen LogP contribution in [0, 0.1) is 0 Å². The van der Waals surface area contributed by atoms with Crippen molar-refractivity contribution in [1.29, 1.82) is 0 Å². The smallest absolute Gasteiger partial charge is 1.00 e. The van der Waals surface area contributed by atoms with E-state index in [9.17, 15) is 18.6 Å². The molecule has 6 nitrogen and oxygen atoms in total. The summed E-state index contributed by atoms with van der Waals surface area (Å²) in [7, 11) is -4.58. The molecule has 0 fully saturated rings. The summed E-state index contributed by atoms with van der Waals surface area (Å²) in [5.74, 6) is -0.701. The Morgan fingerprint density at radius 1 is 1.00 bits per heavy atom. The molecule has 0 bridgehead atoms. The summed E-state index contributed by atoms with van der Waals surface area (Å²) in [6.07, 6.45) is 0. The van der Waals surface area contributed by atoms with Gasteiger partial charge in [-0.25, -0.2) is 0 Å². The number of hydrogen-bond acceptors (Lipinski definition) is 5. The molecule has 0 aliphatic rings. The average Bonchev–Trinajstić information content (AvgIpc) is 2.18. The van der Waals surface area contributed by atoms with Gasteiger partial charge in [-0.3, -0.25) is 4.55 Å². The Morgan fingerprint density at radius 2 is 1.56 bits per heavy atom. The van der Waals surface area contributed by atoms with Gasteiger partial charge in [0.1, 0.15) is 5.75 Å². The molecule has 0 atom stereocenters. The molecule has 0 saturated heterocycles. The van der Waals surface area contributed by atoms with Crippen molar-refractivity contribution in [3.63, 3.8) is 0 Å². The fraction of sp³-hybridized carbons (Fsp3) is 0. The first kappa shape index (κ1) is 15.1. The number of phenolic OH excluding ortho intramolecular Hbond substituents is 2. The monoisotopic (exact) mass is 280 g/mol. The molecule has 0 saturated carbocycles. The van der Waals surface area contributed by atoms with Gasteiger partial charge >= 0.3 is 40.0 Å². The van der Waals surface area contributed by atoms with Crippen LogP contribution >= 0.6 is 0 Å². The van der Waals surface area contributed by atoms with Crippen LogP contribution in [-0.2, 0) is 10.4 Å². The van der Waals surface area contributed by atoms with Crippen LogP contribution in [0.25, 0.3) is 10.8 Å². The second-order valence-corrected chi connectivity index (χ2v) is 4.38. The second-order valence-electron chi connectivity index (χ2n) is 3.36. The molecule has 2 rings (SSSR count). The van der Waals surface area contributed by atoms with Gasteiger partial charge in [0, 0.05) is 0 Å². The average molecular weight is 280 g/mol. The van der Waals surface area contributed by atoms with Crippen molar-refractivity contribution in [1.82, 2.24) is 0 Å². The standard InChI is InChI=1S/C10H8O6S.Na.H/c11-9-4-6-1-2-8(16-17(13,14)15)3-7(6)5-10(9)12;;/h1-5,11-12H,(H,13,14,15);;/q;+1;-1. The van der Waals surface area contributed by atoms with E-state index in [2.05, 4.69) is 4.18 Å². The van der Waals surface area contributed by atoms with Crippen molar-refractivity contribution in [2.24, 2.45) is 0 Å². The molecule has 8 heteroatoms. The fourth-order valence-electron chi connectivity index (χ4n) is 1.43. The Morgan fingerprint density at radius 3 is 2.11 bits per heavy atom. The van der Waals surface area contributed by atoms with Crippen LogP contribution in [0.2, 0.25) is 0 Å². The van der Waals surface area contributed by atoms with Crippen molar-refractivity contribution in [2.45, 2.75) is 0 Å². The predicted octanol–water partition coefficient (Wildman–Crippen LogP) is -1.45. The summed E-state index contributed by atoms with van der Waals surface area (Å²) in [4.78, 5) is 0. The molecule has 0 heterocycles. The molecular formula is C10H9NaO6S. The SMILES string of the molecule is O=S(=O)(O)Oc1ccc2cc(O)c(O)cc2c1.[H-].[Na+]. The molecule has 0 unspecified atom stereocenters. The van der Waals surface area contributed by atoms with Gasteiger partial charge in [0.15, 0.2) is 11.5 Å². The maximum Gasteiger partial charge on any atom is 1.00 e. The van der Waals surface area contributed by atoms with Gasteiger partial charge < -0.3 is 15.8 Å². The third-order valence-corrected chi connectivity index (χ3v) is 2.51. The zero-order valence-corrected chi connectivity index (χ0v) is 12.2. The van der Waals surface area contributed by atoms with Crippen LogP contribution < -0.4 is 33.7 Å². The van der Waals surface area contributed by atoms with E-state index in [0.29, 0.717) is 10.8 Å². The first-order valence-electron chi connectivity index (χ1n) is 4.48. The minimum absolute atomic E-state index is 0. The van der Waals surface area contributed by atoms with Crippen LogP contribution in [0.5, 0.6) is 17.2 Å². The van der Waals surface area contributed by atoms with E-state index in [1.807, 2.05) is 0 Å². The number of rotatable bonds is 2. The summed E-state index contributed by atoms with van der Waals surface area (Å²) in [6, 6.07) is 6.67. The third kappa shape index (κ3) is 3.50. The zero-order chi connectivity index (χ0) is 12.6. The Balaban J connectivity index is 0.00000162. The molecule has 0 radical (unpaired) electrons. The third-order valence-electron chi connectivity index (χ3n) is 2.11. The summed E-state index contributed by atoms with van der Waals surface area (Å²) in [6.45, 7) is 0. The van der Waals surface area contributed by atoms with Gasteiger partial charge in [0.25, 0.3) is 0 Å². The maximum atomic E-state index is 10.5. The normalized spacial score (nSPS) is 10.9. The Hall–Kier alpha value is -0.990. The number of benzene rings is 2. The summed E-state index contributed by atoms with van der Waals surface area (Å²) in [5, 5.41) is 19.6. The van der Waals surface area contributed by atoms with Gasteiger partial charge in [-0.2, -0.15) is 8.42 Å². The Bertz CT molecular complexity index is 688. The topological polar surface area (TPSA) is 104 Å². The number of hydrogen-bond donors (Lipinski definition) is 3. The van der Waals surface area contributed by atoms with Gasteiger partial charge in [0.05, 0.1) is 0 Å². The van der Waals surface area contributed by atoms with Crippen molar-refractivity contribution in [3.8, 4) is 17.2 Å². The molecule has 92 valence electrons. The number of fused-ring (bicyclic) bond motifs is 1. The Labute approximate surface area is 127 Å². The van der Waals surface area contributed by atoms with E-state index >= 15 is 0 Å². The summed E-state index contributed by atoms with van der Waals surface area (Å²) >= 11 is 0. The van der Waals surface area contributed by atoms with Gasteiger partial charge in [-0.15, -0.1) is 0 Å². The van der Waals surface area contributed by atoms with Crippen LogP contribution in [0.4, 0.5) is 0 Å². The van der Waals surface area contributed by atoms with E-state index in [1.54, 1.807) is 0 Å². The Kier molecular flexibility index (Phi) is 4.46. The van der Waals surface area contributed by atoms with Gasteiger partial charge in [-0.05, 0) is 35.0 Å². The zero-order valence-electron chi connectivity index (χ0n) is 10.4. The molecule has 3 N–H and O–H groups in total. The molecule has 2 aromatic carbocycles. The predicted molar refractivity (Wildman–Crippen MR) is 60.6 cm³/mol. The number of aromatic hydroxyl groups is 2. The molecule has 2 aromatic rings. The molecule has 0 aliphatic carbocycles. The molecule has 0 aliphatic heterocycles. The molecule has 0 spiro atoms. The molecule has 0 amide bonds. The first-order chi connectivity index (χ1) is 7.85. The van der Waals surface area contributed by atoms with Crippen LogP contribution in [0.1, 0.15) is 1.43 Å².